The highest BCUT2D eigenvalue weighted by Gasteiger charge is 2.20. The number of nitrogens with zero attached hydrogens (tertiary/aromatic N) is 1. The van der Waals surface area contributed by atoms with Crippen LogP contribution in [0.25, 0.3) is 21.6 Å². The van der Waals surface area contributed by atoms with Crippen molar-refractivity contribution >= 4 is 17.4 Å². The predicted octanol–water partition coefficient (Wildman–Crippen LogP) is 3.99. The lowest BCUT2D eigenvalue weighted by atomic mass is 10.0. The summed E-state index contributed by atoms with van der Waals surface area (Å²) < 4.78 is 37.3. The van der Waals surface area contributed by atoms with Crippen LogP contribution in [0.1, 0.15) is 23.3 Å². The third-order valence-corrected chi connectivity index (χ3v) is 5.37. The quantitative estimate of drug-likeness (QED) is 0.693. The van der Waals surface area contributed by atoms with Crippen LogP contribution in [0.4, 0.5) is 8.78 Å². The zero-order valence-corrected chi connectivity index (χ0v) is 15.1. The first kappa shape index (κ1) is 17.8. The van der Waals surface area contributed by atoms with Gasteiger partial charge in [0, 0.05) is 42.2 Å². The molecule has 0 saturated carbocycles. The largest absolute Gasteiger partial charge is 0.376 e. The summed E-state index contributed by atoms with van der Waals surface area (Å²) >= 11 is 1.16. The normalized spacial score (nSPS) is 16.6. The van der Waals surface area contributed by atoms with E-state index >= 15 is 0 Å². The molecule has 3 heterocycles. The molecule has 0 spiro atoms. The maximum Gasteiger partial charge on any atom is 0.267 e. The minimum atomic E-state index is -0.913. The van der Waals surface area contributed by atoms with Gasteiger partial charge in [0.05, 0.1) is 11.0 Å². The van der Waals surface area contributed by atoms with Gasteiger partial charge in [0.25, 0.3) is 5.91 Å². The van der Waals surface area contributed by atoms with E-state index < -0.39 is 11.6 Å². The fraction of sp³-hybridized carbons (Fsp3) is 0.263. The van der Waals surface area contributed by atoms with E-state index in [1.165, 1.54) is 18.3 Å². The van der Waals surface area contributed by atoms with Gasteiger partial charge in [-0.3, -0.25) is 4.79 Å². The lowest BCUT2D eigenvalue weighted by molar-refractivity contribution is 0.0854. The van der Waals surface area contributed by atoms with Crippen molar-refractivity contribution in [1.82, 2.24) is 14.7 Å². The van der Waals surface area contributed by atoms with Gasteiger partial charge in [-0.25, -0.2) is 8.78 Å². The predicted molar refractivity (Wildman–Crippen MR) is 98.6 cm³/mol. The molecule has 1 aromatic carbocycles. The standard InChI is InChI=1S/C19H17F2N3O2S/c20-15-5-1-4-13(17(15)21)14-10-24-27-18(14)11-7-16(22-8-11)19(25)23-9-12-3-2-6-26-12/h1,4-5,7-8,10,12,22H,2-3,6,9H2,(H,23,25). The number of H-pyrrole nitrogens is 1. The minimum Gasteiger partial charge on any atom is -0.376 e. The monoisotopic (exact) mass is 389 g/mol. The molecule has 1 amide bonds. The van der Waals surface area contributed by atoms with Crippen molar-refractivity contribution in [2.45, 2.75) is 18.9 Å². The molecule has 5 nitrogen and oxygen atoms in total. The molecular formula is C19H17F2N3O2S. The number of amides is 1. The molecular weight excluding hydrogens is 372 g/mol. The van der Waals surface area contributed by atoms with Crippen LogP contribution in [0, 0.1) is 11.6 Å². The third-order valence-electron chi connectivity index (χ3n) is 4.52. The lowest BCUT2D eigenvalue weighted by Crippen LogP contribution is -2.31. The summed E-state index contributed by atoms with van der Waals surface area (Å²) in [6, 6.07) is 5.72. The van der Waals surface area contributed by atoms with E-state index in [-0.39, 0.29) is 17.6 Å². The molecule has 27 heavy (non-hydrogen) atoms. The van der Waals surface area contributed by atoms with E-state index in [0.29, 0.717) is 28.2 Å². The van der Waals surface area contributed by atoms with Gasteiger partial charge in [-0.2, -0.15) is 4.37 Å². The number of rotatable bonds is 5. The second-order valence-electron chi connectivity index (χ2n) is 6.32. The summed E-state index contributed by atoms with van der Waals surface area (Å²) in [5.74, 6) is -2.06. The van der Waals surface area contributed by atoms with E-state index in [1.807, 2.05) is 0 Å². The molecule has 1 aliphatic rings. The van der Waals surface area contributed by atoms with Crippen molar-refractivity contribution in [2.24, 2.45) is 0 Å². The van der Waals surface area contributed by atoms with Gasteiger partial charge >= 0.3 is 0 Å². The number of benzene rings is 1. The van der Waals surface area contributed by atoms with Crippen molar-refractivity contribution < 1.29 is 18.3 Å². The van der Waals surface area contributed by atoms with Crippen molar-refractivity contribution in [2.75, 3.05) is 13.2 Å². The lowest BCUT2D eigenvalue weighted by Gasteiger charge is -2.09. The molecule has 1 atom stereocenters. The van der Waals surface area contributed by atoms with Gasteiger partial charge in [0.1, 0.15) is 5.69 Å². The van der Waals surface area contributed by atoms with Crippen LogP contribution >= 0.6 is 11.5 Å². The summed E-state index contributed by atoms with van der Waals surface area (Å²) in [6.07, 6.45) is 5.18. The molecule has 8 heteroatoms. The van der Waals surface area contributed by atoms with Crippen LogP contribution in [0.3, 0.4) is 0 Å². The highest BCUT2D eigenvalue weighted by atomic mass is 32.1. The first-order valence-electron chi connectivity index (χ1n) is 8.61. The number of halogens is 2. The number of nitrogens with one attached hydrogen (secondary N) is 2. The number of carbonyl (C=O) groups is 1. The second kappa shape index (κ2) is 7.58. The van der Waals surface area contributed by atoms with Crippen LogP contribution in [0.15, 0.2) is 36.7 Å². The van der Waals surface area contributed by atoms with Crippen molar-refractivity contribution in [3.63, 3.8) is 0 Å². The average molecular weight is 389 g/mol. The maximum absolute atomic E-state index is 14.2. The Morgan fingerprint density at radius 3 is 3.07 bits per heavy atom. The van der Waals surface area contributed by atoms with Crippen LogP contribution in [-0.2, 0) is 4.74 Å². The Kier molecular flexibility index (Phi) is 5.00. The van der Waals surface area contributed by atoms with Crippen LogP contribution < -0.4 is 5.32 Å². The van der Waals surface area contributed by atoms with E-state index in [0.717, 1.165) is 37.0 Å². The Labute approximate surface area is 158 Å². The smallest absolute Gasteiger partial charge is 0.267 e. The van der Waals surface area contributed by atoms with Crippen LogP contribution in [-0.4, -0.2) is 34.5 Å². The minimum absolute atomic E-state index is 0.0624. The van der Waals surface area contributed by atoms with Gasteiger partial charge in [0.2, 0.25) is 0 Å². The molecule has 2 N–H and O–H groups in total. The molecule has 2 aromatic heterocycles. The molecule has 3 aromatic rings. The summed E-state index contributed by atoms with van der Waals surface area (Å²) in [5.41, 5.74) is 1.71. The highest BCUT2D eigenvalue weighted by molar-refractivity contribution is 7.10. The Morgan fingerprint density at radius 1 is 1.37 bits per heavy atom. The first-order valence-corrected chi connectivity index (χ1v) is 9.38. The van der Waals surface area contributed by atoms with Crippen LogP contribution in [0.5, 0.6) is 0 Å². The van der Waals surface area contributed by atoms with E-state index in [2.05, 4.69) is 14.7 Å². The Bertz CT molecular complexity index is 964. The topological polar surface area (TPSA) is 67.0 Å². The molecule has 1 aliphatic heterocycles. The molecule has 1 unspecified atom stereocenters. The van der Waals surface area contributed by atoms with Crippen molar-refractivity contribution in [3.8, 4) is 21.6 Å². The molecule has 4 rings (SSSR count). The van der Waals surface area contributed by atoms with Gasteiger partial charge in [-0.15, -0.1) is 0 Å². The summed E-state index contributed by atoms with van der Waals surface area (Å²) in [6.45, 7) is 1.20. The zero-order chi connectivity index (χ0) is 18.8. The van der Waals surface area contributed by atoms with E-state index in [9.17, 15) is 13.6 Å². The fourth-order valence-corrected chi connectivity index (χ4v) is 3.86. The molecule has 0 aliphatic carbocycles. The number of ether oxygens (including phenoxy) is 1. The SMILES string of the molecule is O=C(NCC1CCCO1)c1cc(-c2sncc2-c2cccc(F)c2F)c[nH]1. The Morgan fingerprint density at radius 2 is 2.26 bits per heavy atom. The van der Waals surface area contributed by atoms with E-state index in [1.54, 1.807) is 12.3 Å². The molecule has 0 bridgehead atoms. The van der Waals surface area contributed by atoms with Crippen molar-refractivity contribution in [3.05, 3.63) is 54.0 Å². The zero-order valence-electron chi connectivity index (χ0n) is 14.3. The number of carbonyl (C=O) groups excluding carboxylic acids is 1. The summed E-state index contributed by atoms with van der Waals surface area (Å²) in [4.78, 5) is 15.9. The maximum atomic E-state index is 14.2. The second-order valence-corrected chi connectivity index (χ2v) is 7.12. The molecule has 0 radical (unpaired) electrons. The summed E-state index contributed by atoms with van der Waals surface area (Å²) in [5, 5.41) is 2.85. The van der Waals surface area contributed by atoms with Crippen molar-refractivity contribution in [1.29, 1.82) is 0 Å². The fourth-order valence-electron chi connectivity index (χ4n) is 3.12. The Hall–Kier alpha value is -2.58. The van der Waals surface area contributed by atoms with E-state index in [4.69, 9.17) is 4.74 Å². The number of aromatic nitrogens is 2. The van der Waals surface area contributed by atoms with Gasteiger partial charge in [-0.1, -0.05) is 12.1 Å². The number of hydrogen-bond donors (Lipinski definition) is 2. The average Bonchev–Trinajstić information content (AvgIpc) is 3.42. The first-order chi connectivity index (χ1) is 13.1. The van der Waals surface area contributed by atoms with Gasteiger partial charge in [0.15, 0.2) is 11.6 Å². The Balaban J connectivity index is 1.55. The molecule has 1 saturated heterocycles. The van der Waals surface area contributed by atoms with Gasteiger partial charge < -0.3 is 15.0 Å². The van der Waals surface area contributed by atoms with Gasteiger partial charge in [-0.05, 0) is 36.5 Å². The molecule has 140 valence electrons. The number of hydrogen-bond acceptors (Lipinski definition) is 4. The number of aromatic amines is 1. The highest BCUT2D eigenvalue weighted by Crippen LogP contribution is 2.37. The van der Waals surface area contributed by atoms with Crippen LogP contribution in [0.2, 0.25) is 0 Å². The molecule has 1 fully saturated rings. The third kappa shape index (κ3) is 3.63. The summed E-state index contributed by atoms with van der Waals surface area (Å²) in [7, 11) is 0.